The molecule has 348 valence electrons. The number of rotatable bonds is 13. The van der Waals surface area contributed by atoms with E-state index in [1.54, 1.807) is 18.3 Å². The molecule has 4 aliphatic rings. The Morgan fingerprint density at radius 3 is 2.56 bits per heavy atom. The number of aromatic nitrogens is 2. The molecule has 2 saturated heterocycles. The van der Waals surface area contributed by atoms with Crippen molar-refractivity contribution >= 4 is 61.2 Å². The first-order valence-corrected chi connectivity index (χ1v) is 24.4. The SMILES string of the molecule is CC1(C)CC(c2ccc(Cl)cc2)=C(CN2CCN(c3cccc(C(=O)NS(=O)(=O)c4ccc(NC5CCC(C6CNCCO6)CC5)c([N+](=O)[O-])c4)c3Oc3cnc4[nH]ccc4c3)CC2)CO1. The summed E-state index contributed by atoms with van der Waals surface area (Å²) in [6.45, 7) is 10.4. The number of piperazine rings is 1. The van der Waals surface area contributed by atoms with Gasteiger partial charge in [0, 0.05) is 80.9 Å². The average molecular weight is 940 g/mol. The minimum atomic E-state index is -4.60. The number of hydrogen-bond donors (Lipinski definition) is 4. The summed E-state index contributed by atoms with van der Waals surface area (Å²) in [5, 5.41) is 20.5. The van der Waals surface area contributed by atoms with Crippen molar-refractivity contribution in [2.24, 2.45) is 5.92 Å². The van der Waals surface area contributed by atoms with Crippen molar-refractivity contribution in [1.29, 1.82) is 0 Å². The standard InChI is InChI=1S/C48H55ClN8O8S/c1-48(2)26-40(31-6-10-35(49)11-7-31)34(30-64-48)29-55-19-21-56(22-20-55)42-5-3-4-39(45(42)65-37-24-33-16-17-51-46(33)52-27-37)47(58)54-66(61,62)38-14-15-41(43(25-38)57(59)60)53-36-12-8-32(9-13-36)44-28-50-18-23-63-44/h3-7,10-11,14-17,24-25,27,32,36,44,50,53H,8-9,12-13,18-23,26,28-30H2,1-2H3,(H,51,52)(H,54,58). The predicted molar refractivity (Wildman–Crippen MR) is 254 cm³/mol. The molecule has 18 heteroatoms. The number of para-hydroxylation sites is 1. The first-order valence-electron chi connectivity index (χ1n) is 22.6. The number of benzene rings is 3. The summed E-state index contributed by atoms with van der Waals surface area (Å²) in [6, 6.07) is 20.3. The molecule has 16 nitrogen and oxygen atoms in total. The second kappa shape index (κ2) is 19.3. The van der Waals surface area contributed by atoms with Gasteiger partial charge < -0.3 is 34.7 Å². The van der Waals surface area contributed by atoms with Crippen LogP contribution >= 0.6 is 11.6 Å². The van der Waals surface area contributed by atoms with E-state index in [2.05, 4.69) is 61.1 Å². The molecule has 3 aromatic carbocycles. The Morgan fingerprint density at radius 2 is 1.82 bits per heavy atom. The third-order valence-electron chi connectivity index (χ3n) is 13.1. The first-order chi connectivity index (χ1) is 31.8. The number of fused-ring (bicyclic) bond motifs is 1. The van der Waals surface area contributed by atoms with E-state index in [0.717, 1.165) is 68.8 Å². The van der Waals surface area contributed by atoms with Gasteiger partial charge in [0.05, 0.1) is 52.2 Å². The number of nitro benzene ring substituents is 1. The lowest BCUT2D eigenvalue weighted by Gasteiger charge is -2.39. The zero-order valence-corrected chi connectivity index (χ0v) is 38.6. The summed E-state index contributed by atoms with van der Waals surface area (Å²) in [5.41, 5.74) is 4.36. The van der Waals surface area contributed by atoms with Crippen LogP contribution in [0.2, 0.25) is 5.02 Å². The van der Waals surface area contributed by atoms with Gasteiger partial charge >= 0.3 is 0 Å². The highest BCUT2D eigenvalue weighted by Crippen LogP contribution is 2.40. The fourth-order valence-electron chi connectivity index (χ4n) is 9.57. The van der Waals surface area contributed by atoms with Gasteiger partial charge in [0.1, 0.15) is 17.1 Å². The highest BCUT2D eigenvalue weighted by Gasteiger charge is 2.33. The zero-order chi connectivity index (χ0) is 46.0. The number of amides is 1. The molecule has 0 radical (unpaired) electrons. The molecule has 1 saturated carbocycles. The molecule has 2 aromatic heterocycles. The number of pyridine rings is 1. The summed E-state index contributed by atoms with van der Waals surface area (Å²) < 4.78 is 48.8. The van der Waals surface area contributed by atoms with E-state index in [4.69, 9.17) is 25.8 Å². The van der Waals surface area contributed by atoms with E-state index >= 15 is 0 Å². The lowest BCUT2D eigenvalue weighted by molar-refractivity contribution is -0.384. The number of aromatic amines is 1. The van der Waals surface area contributed by atoms with Crippen molar-refractivity contribution in [3.05, 3.63) is 117 Å². The third kappa shape index (κ3) is 10.4. The number of hydrogen-bond acceptors (Lipinski definition) is 13. The van der Waals surface area contributed by atoms with Crippen molar-refractivity contribution in [2.45, 2.75) is 68.6 Å². The van der Waals surface area contributed by atoms with Gasteiger partial charge in [0.2, 0.25) is 0 Å². The van der Waals surface area contributed by atoms with E-state index < -0.39 is 31.4 Å². The minimum absolute atomic E-state index is 0.0232. The molecular formula is C48H55ClN8O8S. The molecule has 0 spiro atoms. The normalized spacial score (nSPS) is 21.7. The molecule has 3 fully saturated rings. The number of nitrogens with zero attached hydrogens (tertiary/aromatic N) is 4. The second-order valence-electron chi connectivity index (χ2n) is 18.2. The summed E-state index contributed by atoms with van der Waals surface area (Å²) in [4.78, 5) is 37.6. The second-order valence-corrected chi connectivity index (χ2v) is 20.3. The van der Waals surface area contributed by atoms with E-state index in [1.165, 1.54) is 35.5 Å². The fraction of sp³-hybridized carbons (Fsp3) is 0.417. The highest BCUT2D eigenvalue weighted by molar-refractivity contribution is 7.90. The quantitative estimate of drug-likeness (QED) is 0.0662. The van der Waals surface area contributed by atoms with E-state index in [-0.39, 0.29) is 34.7 Å². The van der Waals surface area contributed by atoms with E-state index in [0.29, 0.717) is 67.4 Å². The molecule has 1 amide bonds. The summed E-state index contributed by atoms with van der Waals surface area (Å²) in [6.07, 6.45) is 7.65. The molecule has 66 heavy (non-hydrogen) atoms. The molecule has 4 N–H and O–H groups in total. The summed E-state index contributed by atoms with van der Waals surface area (Å²) in [5.74, 6) is -0.0510. The highest BCUT2D eigenvalue weighted by atomic mass is 35.5. The number of nitro groups is 1. The van der Waals surface area contributed by atoms with Crippen molar-refractivity contribution in [3.63, 3.8) is 0 Å². The van der Waals surface area contributed by atoms with Crippen molar-refractivity contribution in [2.75, 3.05) is 69.2 Å². The van der Waals surface area contributed by atoms with Crippen LogP contribution in [-0.2, 0) is 19.5 Å². The predicted octanol–water partition coefficient (Wildman–Crippen LogP) is 7.77. The Bertz CT molecular complexity index is 2720. The topological polar surface area (TPSA) is 193 Å². The largest absolute Gasteiger partial charge is 0.453 e. The van der Waals surface area contributed by atoms with Crippen LogP contribution in [0.1, 0.15) is 61.9 Å². The Hall–Kier alpha value is -5.56. The van der Waals surface area contributed by atoms with Gasteiger partial charge in [-0.2, -0.15) is 0 Å². The van der Waals surface area contributed by atoms with Gasteiger partial charge in [-0.3, -0.25) is 19.8 Å². The van der Waals surface area contributed by atoms with Crippen molar-refractivity contribution < 1.29 is 32.3 Å². The van der Waals surface area contributed by atoms with Crippen LogP contribution in [0.25, 0.3) is 16.6 Å². The van der Waals surface area contributed by atoms with E-state index in [9.17, 15) is 23.3 Å². The van der Waals surface area contributed by atoms with Crippen LogP contribution in [0.5, 0.6) is 11.5 Å². The van der Waals surface area contributed by atoms with Crippen LogP contribution in [-0.4, -0.2) is 111 Å². The zero-order valence-electron chi connectivity index (χ0n) is 37.1. The molecular weight excluding hydrogens is 884 g/mol. The molecule has 1 aliphatic carbocycles. The van der Waals surface area contributed by atoms with Gasteiger partial charge in [-0.1, -0.05) is 29.8 Å². The van der Waals surface area contributed by atoms with Gasteiger partial charge in [-0.05, 0) is 111 Å². The maximum atomic E-state index is 14.2. The number of H-pyrrole nitrogens is 1. The van der Waals surface area contributed by atoms with Gasteiger partial charge in [-0.25, -0.2) is 18.1 Å². The Kier molecular flexibility index (Phi) is 13.4. The number of carbonyl (C=O) groups excluding carboxylic acids is 1. The van der Waals surface area contributed by atoms with Crippen LogP contribution in [0.3, 0.4) is 0 Å². The van der Waals surface area contributed by atoms with Gasteiger partial charge in [-0.15, -0.1) is 0 Å². The third-order valence-corrected chi connectivity index (χ3v) is 14.7. The summed E-state index contributed by atoms with van der Waals surface area (Å²) >= 11 is 6.24. The lowest BCUT2D eigenvalue weighted by Crippen LogP contribution is -2.48. The van der Waals surface area contributed by atoms with Crippen molar-refractivity contribution in [1.82, 2.24) is 24.9 Å². The van der Waals surface area contributed by atoms with Crippen molar-refractivity contribution in [3.8, 4) is 11.5 Å². The van der Waals surface area contributed by atoms with Crippen LogP contribution in [0.4, 0.5) is 17.1 Å². The molecule has 5 aromatic rings. The maximum Gasteiger partial charge on any atom is 0.293 e. The molecule has 0 bridgehead atoms. The smallest absolute Gasteiger partial charge is 0.293 e. The molecule has 3 aliphatic heterocycles. The number of anilines is 2. The van der Waals surface area contributed by atoms with Gasteiger partial charge in [0.15, 0.2) is 5.75 Å². The first kappa shape index (κ1) is 45.6. The molecule has 1 unspecified atom stereocenters. The number of ether oxygens (including phenoxy) is 3. The molecule has 5 heterocycles. The number of halogens is 1. The molecule has 1 atom stereocenters. The number of sulfonamides is 1. The number of nitrogens with one attached hydrogen (secondary N) is 4. The van der Waals surface area contributed by atoms with Crippen LogP contribution in [0.15, 0.2) is 95.7 Å². The average Bonchev–Trinajstić information content (AvgIpc) is 3.79. The summed E-state index contributed by atoms with van der Waals surface area (Å²) in [7, 11) is -4.60. The lowest BCUT2D eigenvalue weighted by atomic mass is 9.82. The number of carbonyl (C=O) groups is 1. The molecule has 9 rings (SSSR count). The monoisotopic (exact) mass is 938 g/mol. The van der Waals surface area contributed by atoms with Crippen LogP contribution in [0, 0.1) is 16.0 Å². The van der Waals surface area contributed by atoms with Crippen LogP contribution < -0.4 is 25.0 Å². The maximum absolute atomic E-state index is 14.2. The Balaban J connectivity index is 0.930. The Labute approximate surface area is 389 Å². The minimum Gasteiger partial charge on any atom is -0.453 e. The number of morpholine rings is 1. The van der Waals surface area contributed by atoms with E-state index in [1.807, 2.05) is 24.3 Å². The fourth-order valence-corrected chi connectivity index (χ4v) is 10.7. The van der Waals surface area contributed by atoms with Gasteiger partial charge in [0.25, 0.3) is 21.6 Å². The Morgan fingerprint density at radius 1 is 1.03 bits per heavy atom.